The van der Waals surface area contributed by atoms with E-state index < -0.39 is 29.7 Å². The van der Waals surface area contributed by atoms with Crippen LogP contribution in [0.5, 0.6) is 0 Å². The van der Waals surface area contributed by atoms with Crippen molar-refractivity contribution in [1.29, 1.82) is 0 Å². The number of nitrogens with zero attached hydrogens (tertiary/aromatic N) is 3. The number of piperidine rings is 1. The Hall–Kier alpha value is -2.52. The molecule has 0 aromatic heterocycles. The van der Waals surface area contributed by atoms with Gasteiger partial charge in [0.2, 0.25) is 5.91 Å². The number of likely N-dealkylation sites (tertiary alicyclic amines) is 1. The van der Waals surface area contributed by atoms with Gasteiger partial charge in [-0.15, -0.1) is 0 Å². The summed E-state index contributed by atoms with van der Waals surface area (Å²) in [6.45, 7) is 8.84. The van der Waals surface area contributed by atoms with Gasteiger partial charge in [-0.05, 0) is 46.5 Å². The van der Waals surface area contributed by atoms with Gasteiger partial charge in [-0.25, -0.2) is 14.4 Å². The number of nitrogens with two attached hydrogens (primary N) is 1. The van der Waals surface area contributed by atoms with Crippen molar-refractivity contribution < 1.29 is 28.7 Å². The SMILES string of the molecule is CCOC(=O)[C@H]1CN(C(=O)OC(C)(C)C)CCN1C(=O)CC1CCN(C(N)=O)CC1. The normalized spacial score (nSPS) is 20.7. The van der Waals surface area contributed by atoms with Crippen molar-refractivity contribution in [2.45, 2.75) is 58.6 Å². The van der Waals surface area contributed by atoms with Crippen LogP contribution in [0.4, 0.5) is 9.59 Å². The van der Waals surface area contributed by atoms with Crippen molar-refractivity contribution >= 4 is 24.0 Å². The van der Waals surface area contributed by atoms with Crippen molar-refractivity contribution in [2.75, 3.05) is 39.3 Å². The molecular formula is C20H34N4O6. The molecule has 2 aliphatic heterocycles. The van der Waals surface area contributed by atoms with Gasteiger partial charge >= 0.3 is 18.1 Å². The summed E-state index contributed by atoms with van der Waals surface area (Å²) in [5.41, 5.74) is 4.65. The van der Waals surface area contributed by atoms with Crippen LogP contribution in [0, 0.1) is 5.92 Å². The quantitative estimate of drug-likeness (QED) is 0.674. The summed E-state index contributed by atoms with van der Waals surface area (Å²) in [6, 6.07) is -1.30. The van der Waals surface area contributed by atoms with E-state index in [-0.39, 0.29) is 44.5 Å². The Morgan fingerprint density at radius 2 is 1.63 bits per heavy atom. The molecule has 0 aliphatic carbocycles. The molecule has 2 heterocycles. The molecule has 4 amide bonds. The van der Waals surface area contributed by atoms with Crippen molar-refractivity contribution in [2.24, 2.45) is 11.7 Å². The van der Waals surface area contributed by atoms with E-state index in [4.69, 9.17) is 15.2 Å². The molecule has 10 nitrogen and oxygen atoms in total. The second-order valence-corrected chi connectivity index (χ2v) is 8.75. The molecule has 170 valence electrons. The molecule has 10 heteroatoms. The summed E-state index contributed by atoms with van der Waals surface area (Å²) in [5, 5.41) is 0. The Bertz CT molecular complexity index is 654. The van der Waals surface area contributed by atoms with E-state index in [9.17, 15) is 19.2 Å². The van der Waals surface area contributed by atoms with Crippen LogP contribution in [-0.4, -0.2) is 89.7 Å². The minimum Gasteiger partial charge on any atom is -0.464 e. The van der Waals surface area contributed by atoms with Crippen molar-refractivity contribution in [1.82, 2.24) is 14.7 Å². The van der Waals surface area contributed by atoms with Crippen molar-refractivity contribution in [3.63, 3.8) is 0 Å². The van der Waals surface area contributed by atoms with Crippen molar-refractivity contribution in [3.05, 3.63) is 0 Å². The standard InChI is InChI=1S/C20H34N4O6/c1-5-29-17(26)15-13-23(19(28)30-20(2,3)4)10-11-24(15)16(25)12-14-6-8-22(9-7-14)18(21)27/h14-15H,5-13H2,1-4H3,(H2,21,27)/t15-/m1/s1. The van der Waals surface area contributed by atoms with Gasteiger partial charge in [-0.1, -0.05) is 0 Å². The van der Waals surface area contributed by atoms with Crippen LogP contribution in [0.3, 0.4) is 0 Å². The number of hydrogen-bond donors (Lipinski definition) is 1. The maximum Gasteiger partial charge on any atom is 0.410 e. The Morgan fingerprint density at radius 1 is 1.00 bits per heavy atom. The molecule has 2 rings (SSSR count). The highest BCUT2D eigenvalue weighted by Gasteiger charge is 2.39. The minimum absolute atomic E-state index is 0.0413. The number of hydrogen-bond acceptors (Lipinski definition) is 6. The van der Waals surface area contributed by atoms with E-state index in [1.54, 1.807) is 32.6 Å². The molecule has 30 heavy (non-hydrogen) atoms. The first kappa shape index (κ1) is 23.8. The number of rotatable bonds is 4. The molecule has 0 saturated carbocycles. The number of carbonyl (C=O) groups is 4. The summed E-state index contributed by atoms with van der Waals surface area (Å²) in [4.78, 5) is 53.7. The van der Waals surface area contributed by atoms with Gasteiger partial charge in [-0.2, -0.15) is 0 Å². The molecular weight excluding hydrogens is 392 g/mol. The number of piperazine rings is 1. The fourth-order valence-electron chi connectivity index (χ4n) is 3.74. The smallest absolute Gasteiger partial charge is 0.410 e. The molecule has 2 fully saturated rings. The van der Waals surface area contributed by atoms with E-state index in [1.165, 1.54) is 9.80 Å². The monoisotopic (exact) mass is 426 g/mol. The third kappa shape index (κ3) is 6.50. The largest absolute Gasteiger partial charge is 0.464 e. The Morgan fingerprint density at radius 3 is 2.17 bits per heavy atom. The molecule has 2 N–H and O–H groups in total. The van der Waals surface area contributed by atoms with E-state index >= 15 is 0 Å². The fraction of sp³-hybridized carbons (Fsp3) is 0.800. The summed E-state index contributed by atoms with van der Waals surface area (Å²) >= 11 is 0. The van der Waals surface area contributed by atoms with Gasteiger partial charge in [-0.3, -0.25) is 4.79 Å². The molecule has 0 aromatic rings. The topological polar surface area (TPSA) is 122 Å². The number of carbonyl (C=O) groups excluding carboxylic acids is 4. The molecule has 2 aliphatic rings. The summed E-state index contributed by atoms with van der Waals surface area (Å²) in [6.07, 6.45) is 1.16. The average molecular weight is 427 g/mol. The first-order chi connectivity index (χ1) is 14.0. The lowest BCUT2D eigenvalue weighted by molar-refractivity contribution is -0.158. The molecule has 2 saturated heterocycles. The van der Waals surface area contributed by atoms with Crippen LogP contribution in [0.2, 0.25) is 0 Å². The Balaban J connectivity index is 2.01. The number of amides is 4. The fourth-order valence-corrected chi connectivity index (χ4v) is 3.74. The lowest BCUT2D eigenvalue weighted by atomic mass is 9.92. The van der Waals surface area contributed by atoms with Crippen LogP contribution in [0.15, 0.2) is 0 Å². The first-order valence-electron chi connectivity index (χ1n) is 10.5. The maximum atomic E-state index is 13.0. The van der Waals surface area contributed by atoms with Crippen LogP contribution < -0.4 is 5.73 Å². The Kier molecular flexibility index (Phi) is 7.91. The molecule has 1 atom stereocenters. The highest BCUT2D eigenvalue weighted by atomic mass is 16.6. The summed E-state index contributed by atoms with van der Waals surface area (Å²) in [5.74, 6) is -0.545. The molecule has 0 radical (unpaired) electrons. The predicted molar refractivity (Wildman–Crippen MR) is 108 cm³/mol. The van der Waals surface area contributed by atoms with Crippen LogP contribution >= 0.6 is 0 Å². The zero-order chi connectivity index (χ0) is 22.5. The third-order valence-corrected chi connectivity index (χ3v) is 5.30. The zero-order valence-corrected chi connectivity index (χ0v) is 18.4. The second kappa shape index (κ2) is 9.99. The molecule has 0 bridgehead atoms. The number of urea groups is 1. The van der Waals surface area contributed by atoms with Gasteiger partial charge in [0.25, 0.3) is 0 Å². The second-order valence-electron chi connectivity index (χ2n) is 8.75. The van der Waals surface area contributed by atoms with Gasteiger partial charge in [0.15, 0.2) is 0 Å². The van der Waals surface area contributed by atoms with Crippen LogP contribution in [0.1, 0.15) is 47.0 Å². The third-order valence-electron chi connectivity index (χ3n) is 5.30. The number of ether oxygens (including phenoxy) is 2. The number of esters is 1. The number of primary amides is 1. The first-order valence-corrected chi connectivity index (χ1v) is 10.5. The predicted octanol–water partition coefficient (Wildman–Crippen LogP) is 1.18. The molecule has 0 aromatic carbocycles. The lowest BCUT2D eigenvalue weighted by Crippen LogP contribution is -2.60. The van der Waals surface area contributed by atoms with Gasteiger partial charge < -0.3 is 29.9 Å². The van der Waals surface area contributed by atoms with E-state index in [0.29, 0.717) is 25.9 Å². The summed E-state index contributed by atoms with van der Waals surface area (Å²) < 4.78 is 10.6. The van der Waals surface area contributed by atoms with Gasteiger partial charge in [0, 0.05) is 32.6 Å². The van der Waals surface area contributed by atoms with Crippen molar-refractivity contribution in [3.8, 4) is 0 Å². The summed E-state index contributed by atoms with van der Waals surface area (Å²) in [7, 11) is 0. The lowest BCUT2D eigenvalue weighted by Gasteiger charge is -2.41. The highest BCUT2D eigenvalue weighted by molar-refractivity contribution is 5.86. The molecule has 0 unspecified atom stereocenters. The minimum atomic E-state index is -0.857. The van der Waals surface area contributed by atoms with Crippen LogP contribution in [-0.2, 0) is 19.1 Å². The molecule has 0 spiro atoms. The van der Waals surface area contributed by atoms with Gasteiger partial charge in [0.05, 0.1) is 13.2 Å². The van der Waals surface area contributed by atoms with Gasteiger partial charge in [0.1, 0.15) is 11.6 Å². The van der Waals surface area contributed by atoms with Crippen LogP contribution in [0.25, 0.3) is 0 Å². The van der Waals surface area contributed by atoms with E-state index in [0.717, 1.165) is 0 Å². The average Bonchev–Trinajstić information content (AvgIpc) is 2.66. The highest BCUT2D eigenvalue weighted by Crippen LogP contribution is 2.23. The Labute approximate surface area is 177 Å². The van der Waals surface area contributed by atoms with E-state index in [1.807, 2.05) is 0 Å². The zero-order valence-electron chi connectivity index (χ0n) is 18.4. The van der Waals surface area contributed by atoms with E-state index in [2.05, 4.69) is 0 Å². The maximum absolute atomic E-state index is 13.0.